The number of fused-ring (bicyclic) bond motifs is 1. The zero-order valence-corrected chi connectivity index (χ0v) is 16.6. The van der Waals surface area contributed by atoms with Gasteiger partial charge in [0.15, 0.2) is 0 Å². The highest BCUT2D eigenvalue weighted by Gasteiger charge is 2.43. The third-order valence-corrected chi connectivity index (χ3v) is 5.58. The van der Waals surface area contributed by atoms with Crippen LogP contribution in [0.2, 0.25) is 0 Å². The summed E-state index contributed by atoms with van der Waals surface area (Å²) < 4.78 is 11.3. The molecule has 2 aromatic rings. The fraction of sp³-hybridized carbons (Fsp3) is 0.524. The van der Waals surface area contributed by atoms with E-state index in [-0.39, 0.29) is 6.09 Å². The van der Waals surface area contributed by atoms with Crippen LogP contribution in [-0.4, -0.2) is 47.3 Å². The molecule has 0 aliphatic carbocycles. The van der Waals surface area contributed by atoms with Crippen LogP contribution in [0, 0.1) is 18.8 Å². The molecule has 4 rings (SSSR count). The first-order valence-electron chi connectivity index (χ1n) is 9.72. The highest BCUT2D eigenvalue weighted by atomic mass is 16.6. The van der Waals surface area contributed by atoms with Gasteiger partial charge in [0.25, 0.3) is 6.01 Å². The number of hydrogen-bond donors (Lipinski definition) is 1. The molecule has 0 bridgehead atoms. The molecule has 0 saturated carbocycles. The molecule has 0 unspecified atom stereocenters. The Morgan fingerprint density at radius 2 is 1.86 bits per heavy atom. The van der Waals surface area contributed by atoms with Crippen molar-refractivity contribution in [3.05, 3.63) is 47.3 Å². The Balaban J connectivity index is 1.33. The molecule has 28 heavy (non-hydrogen) atoms. The number of amides is 1. The van der Waals surface area contributed by atoms with Gasteiger partial charge in [-0.25, -0.2) is 4.79 Å². The van der Waals surface area contributed by atoms with Gasteiger partial charge in [-0.3, -0.25) is 0 Å². The number of hydrogen-bond acceptors (Lipinski definition) is 6. The first kappa shape index (κ1) is 18.8. The monoisotopic (exact) mass is 385 g/mol. The number of carbonyl (C=O) groups excluding carboxylic acids is 1. The standard InChI is InChI=1S/C21H27N3O4/c1-14-18(21(2,3)26)22-19(28-14)23-9-16-11-24(12-17(16)10-23)20(25)27-13-15-7-5-4-6-8-15/h4-8,16-17,26H,9-13H2,1-3H3/t16-,17-/m0/s1. The molecule has 2 saturated heterocycles. The normalized spacial score (nSPS) is 21.9. The second-order valence-electron chi connectivity index (χ2n) is 8.33. The molecular formula is C21H27N3O4. The lowest BCUT2D eigenvalue weighted by Crippen LogP contribution is -2.33. The maximum Gasteiger partial charge on any atom is 0.410 e. The van der Waals surface area contributed by atoms with Gasteiger partial charge < -0.3 is 24.1 Å². The smallest absolute Gasteiger partial charge is 0.410 e. The number of likely N-dealkylation sites (tertiary alicyclic amines) is 1. The summed E-state index contributed by atoms with van der Waals surface area (Å²) in [6, 6.07) is 10.3. The van der Waals surface area contributed by atoms with Crippen molar-refractivity contribution in [1.82, 2.24) is 9.88 Å². The zero-order chi connectivity index (χ0) is 19.9. The lowest BCUT2D eigenvalue weighted by Gasteiger charge is -2.20. The number of benzene rings is 1. The van der Waals surface area contributed by atoms with E-state index in [2.05, 4.69) is 9.88 Å². The molecule has 150 valence electrons. The SMILES string of the molecule is Cc1oc(N2C[C@H]3CN(C(=O)OCc4ccccc4)C[C@@H]3C2)nc1C(C)(C)O. The van der Waals surface area contributed by atoms with E-state index in [1.54, 1.807) is 18.7 Å². The number of aliphatic hydroxyl groups is 1. The van der Waals surface area contributed by atoms with Crippen molar-refractivity contribution in [2.45, 2.75) is 33.0 Å². The van der Waals surface area contributed by atoms with Gasteiger partial charge >= 0.3 is 6.09 Å². The van der Waals surface area contributed by atoms with Gasteiger partial charge in [0.1, 0.15) is 23.7 Å². The molecule has 1 amide bonds. The Hall–Kier alpha value is -2.54. The van der Waals surface area contributed by atoms with Crippen molar-refractivity contribution in [3.8, 4) is 0 Å². The van der Waals surface area contributed by atoms with Crippen molar-refractivity contribution in [2.24, 2.45) is 11.8 Å². The van der Waals surface area contributed by atoms with Crippen LogP contribution in [0.15, 0.2) is 34.7 Å². The first-order valence-corrected chi connectivity index (χ1v) is 9.72. The molecule has 3 heterocycles. The molecule has 2 aliphatic heterocycles. The summed E-state index contributed by atoms with van der Waals surface area (Å²) in [4.78, 5) is 20.8. The fourth-order valence-corrected chi connectivity index (χ4v) is 4.19. The lowest BCUT2D eigenvalue weighted by atomic mass is 10.0. The van der Waals surface area contributed by atoms with Gasteiger partial charge in [-0.05, 0) is 26.3 Å². The van der Waals surface area contributed by atoms with Gasteiger partial charge in [0.05, 0.1) is 0 Å². The summed E-state index contributed by atoms with van der Waals surface area (Å²) in [5.74, 6) is 1.40. The number of rotatable bonds is 4. The fourth-order valence-electron chi connectivity index (χ4n) is 4.19. The molecule has 2 aliphatic rings. The number of nitrogens with zero attached hydrogens (tertiary/aromatic N) is 3. The van der Waals surface area contributed by atoms with Crippen molar-refractivity contribution in [2.75, 3.05) is 31.1 Å². The zero-order valence-electron chi connectivity index (χ0n) is 16.6. The molecule has 1 aromatic heterocycles. The average Bonchev–Trinajstić information content (AvgIpc) is 3.32. The molecule has 1 N–H and O–H groups in total. The molecular weight excluding hydrogens is 358 g/mol. The molecule has 0 radical (unpaired) electrons. The molecule has 2 atom stereocenters. The average molecular weight is 385 g/mol. The van der Waals surface area contributed by atoms with Crippen molar-refractivity contribution < 1.29 is 19.1 Å². The highest BCUT2D eigenvalue weighted by molar-refractivity contribution is 5.68. The van der Waals surface area contributed by atoms with E-state index < -0.39 is 5.60 Å². The number of oxazole rings is 1. The molecule has 0 spiro atoms. The van der Waals surface area contributed by atoms with Crippen LogP contribution in [0.3, 0.4) is 0 Å². The Bertz CT molecular complexity index is 829. The van der Waals surface area contributed by atoms with Crippen molar-refractivity contribution >= 4 is 12.1 Å². The second-order valence-corrected chi connectivity index (χ2v) is 8.33. The summed E-state index contributed by atoms with van der Waals surface area (Å²) in [7, 11) is 0. The van der Waals surface area contributed by atoms with E-state index in [0.29, 0.717) is 49.0 Å². The lowest BCUT2D eigenvalue weighted by molar-refractivity contribution is 0.0728. The number of anilines is 1. The van der Waals surface area contributed by atoms with Gasteiger partial charge in [0.2, 0.25) is 0 Å². The van der Waals surface area contributed by atoms with Gasteiger partial charge in [0, 0.05) is 38.0 Å². The van der Waals surface area contributed by atoms with E-state index in [1.165, 1.54) is 0 Å². The third kappa shape index (κ3) is 3.71. The summed E-state index contributed by atoms with van der Waals surface area (Å²) in [5, 5.41) is 10.2. The highest BCUT2D eigenvalue weighted by Crippen LogP contribution is 2.35. The van der Waals surface area contributed by atoms with Crippen LogP contribution in [0.5, 0.6) is 0 Å². The number of carbonyl (C=O) groups is 1. The summed E-state index contributed by atoms with van der Waals surface area (Å²) >= 11 is 0. The first-order chi connectivity index (χ1) is 13.3. The topological polar surface area (TPSA) is 79.0 Å². The van der Waals surface area contributed by atoms with Gasteiger partial charge in [-0.15, -0.1) is 0 Å². The number of aromatic nitrogens is 1. The predicted molar refractivity (Wildman–Crippen MR) is 104 cm³/mol. The van der Waals surface area contributed by atoms with Crippen LogP contribution in [0.4, 0.5) is 10.8 Å². The third-order valence-electron chi connectivity index (χ3n) is 5.58. The van der Waals surface area contributed by atoms with Crippen LogP contribution in [0.25, 0.3) is 0 Å². The Labute approximate surface area is 164 Å². The van der Waals surface area contributed by atoms with Crippen LogP contribution < -0.4 is 4.90 Å². The summed E-state index contributed by atoms with van der Waals surface area (Å²) in [5.41, 5.74) is 0.537. The molecule has 7 heteroatoms. The van der Waals surface area contributed by atoms with Crippen LogP contribution in [-0.2, 0) is 16.9 Å². The van der Waals surface area contributed by atoms with Crippen LogP contribution >= 0.6 is 0 Å². The molecule has 7 nitrogen and oxygen atoms in total. The summed E-state index contributed by atoms with van der Waals surface area (Å²) in [6.45, 7) is 8.49. The quantitative estimate of drug-likeness (QED) is 0.872. The molecule has 2 fully saturated rings. The van der Waals surface area contributed by atoms with Crippen molar-refractivity contribution in [3.63, 3.8) is 0 Å². The maximum atomic E-state index is 12.4. The minimum Gasteiger partial charge on any atom is -0.445 e. The maximum absolute atomic E-state index is 12.4. The van der Waals surface area contributed by atoms with Gasteiger partial charge in [-0.1, -0.05) is 30.3 Å². The number of ether oxygens (including phenoxy) is 1. The Morgan fingerprint density at radius 1 is 1.21 bits per heavy atom. The largest absolute Gasteiger partial charge is 0.445 e. The molecule has 1 aromatic carbocycles. The minimum atomic E-state index is -1.03. The Kier molecular flexibility index (Phi) is 4.79. The van der Waals surface area contributed by atoms with Crippen LogP contribution in [0.1, 0.15) is 30.9 Å². The summed E-state index contributed by atoms with van der Waals surface area (Å²) in [6.07, 6.45) is -0.249. The second kappa shape index (κ2) is 7.13. The van der Waals surface area contributed by atoms with E-state index in [1.807, 2.05) is 37.3 Å². The van der Waals surface area contributed by atoms with Crippen molar-refractivity contribution in [1.29, 1.82) is 0 Å². The van der Waals surface area contributed by atoms with E-state index in [9.17, 15) is 9.90 Å². The minimum absolute atomic E-state index is 0.249. The van der Waals surface area contributed by atoms with E-state index in [4.69, 9.17) is 9.15 Å². The number of aryl methyl sites for hydroxylation is 1. The van der Waals surface area contributed by atoms with E-state index >= 15 is 0 Å². The Morgan fingerprint density at radius 3 is 2.43 bits per heavy atom. The van der Waals surface area contributed by atoms with Gasteiger partial charge in [-0.2, -0.15) is 4.98 Å². The van der Waals surface area contributed by atoms with E-state index in [0.717, 1.165) is 18.7 Å². The predicted octanol–water partition coefficient (Wildman–Crippen LogP) is 2.92.